The van der Waals surface area contributed by atoms with Crippen LogP contribution in [0, 0.1) is 0 Å². The van der Waals surface area contributed by atoms with Crippen LogP contribution in [0.3, 0.4) is 0 Å². The van der Waals surface area contributed by atoms with Crippen LogP contribution < -0.4 is 5.32 Å². The fourth-order valence-corrected chi connectivity index (χ4v) is 4.27. The third-order valence-corrected chi connectivity index (χ3v) is 5.35. The molecule has 0 aliphatic carbocycles. The van der Waals surface area contributed by atoms with Gasteiger partial charge < -0.3 is 10.2 Å². The van der Waals surface area contributed by atoms with E-state index in [9.17, 15) is 4.79 Å². The fraction of sp³-hybridized carbons (Fsp3) is 0.526. The smallest absolute Gasteiger partial charge is 0.318 e. The zero-order valence-corrected chi connectivity index (χ0v) is 15.6. The molecule has 4 rings (SSSR count). The van der Waals surface area contributed by atoms with E-state index in [0.717, 1.165) is 37.3 Å². The lowest BCUT2D eigenvalue weighted by atomic mass is 9.98. The standard InChI is InChI=1S/C19H26N6O/c1-13(2)25-17-6-8-24(12-16(17)21-19(25)26)11-15-10-23(3)22-18(15)14-5-4-7-20-9-14/h4-5,7,9-10,13,16-17H,6,8,11-12H2,1-3H3,(H,21,26)/t16-,17+/m1/s1. The number of amides is 2. The maximum absolute atomic E-state index is 12.3. The second-order valence-corrected chi connectivity index (χ2v) is 7.57. The van der Waals surface area contributed by atoms with Gasteiger partial charge in [-0.1, -0.05) is 0 Å². The van der Waals surface area contributed by atoms with Gasteiger partial charge in [-0.25, -0.2) is 4.79 Å². The van der Waals surface area contributed by atoms with E-state index in [1.54, 1.807) is 6.20 Å². The average Bonchev–Trinajstić information content (AvgIpc) is 3.14. The summed E-state index contributed by atoms with van der Waals surface area (Å²) in [5.74, 6) is 0. The van der Waals surface area contributed by atoms with Gasteiger partial charge in [0.25, 0.3) is 0 Å². The predicted octanol–water partition coefficient (Wildman–Crippen LogP) is 1.86. The summed E-state index contributed by atoms with van der Waals surface area (Å²) >= 11 is 0. The molecule has 7 nitrogen and oxygen atoms in total. The molecule has 2 saturated heterocycles. The zero-order chi connectivity index (χ0) is 18.3. The van der Waals surface area contributed by atoms with E-state index in [0.29, 0.717) is 6.04 Å². The Morgan fingerprint density at radius 2 is 2.23 bits per heavy atom. The Balaban J connectivity index is 1.50. The van der Waals surface area contributed by atoms with Gasteiger partial charge in [-0.2, -0.15) is 5.10 Å². The summed E-state index contributed by atoms with van der Waals surface area (Å²) in [6, 6.07) is 4.82. The third kappa shape index (κ3) is 3.07. The summed E-state index contributed by atoms with van der Waals surface area (Å²) in [4.78, 5) is 20.9. The third-order valence-electron chi connectivity index (χ3n) is 5.35. The maximum atomic E-state index is 12.3. The number of nitrogens with zero attached hydrogens (tertiary/aromatic N) is 5. The molecule has 0 aromatic carbocycles. The molecule has 26 heavy (non-hydrogen) atoms. The topological polar surface area (TPSA) is 66.3 Å². The van der Waals surface area contributed by atoms with Crippen LogP contribution in [0.2, 0.25) is 0 Å². The molecule has 0 bridgehead atoms. The van der Waals surface area contributed by atoms with Crippen molar-refractivity contribution in [2.45, 2.75) is 44.9 Å². The first kappa shape index (κ1) is 17.0. The first-order chi connectivity index (χ1) is 12.5. The number of pyridine rings is 1. The number of aromatic nitrogens is 3. The largest absolute Gasteiger partial charge is 0.332 e. The molecule has 2 aromatic heterocycles. The van der Waals surface area contributed by atoms with E-state index in [-0.39, 0.29) is 18.1 Å². The molecule has 1 N–H and O–H groups in total. The normalized spacial score (nSPS) is 23.4. The van der Waals surface area contributed by atoms with Crippen molar-refractivity contribution >= 4 is 6.03 Å². The number of carbonyl (C=O) groups excluding carboxylic acids is 1. The van der Waals surface area contributed by atoms with Crippen LogP contribution >= 0.6 is 0 Å². The van der Waals surface area contributed by atoms with Gasteiger partial charge in [-0.05, 0) is 32.4 Å². The maximum Gasteiger partial charge on any atom is 0.318 e. The van der Waals surface area contributed by atoms with Gasteiger partial charge in [0.1, 0.15) is 0 Å². The Labute approximate surface area is 154 Å². The quantitative estimate of drug-likeness (QED) is 0.910. The van der Waals surface area contributed by atoms with Gasteiger partial charge in [0.15, 0.2) is 0 Å². The van der Waals surface area contributed by atoms with E-state index < -0.39 is 0 Å². The minimum atomic E-state index is 0.0780. The summed E-state index contributed by atoms with van der Waals surface area (Å²) in [5.41, 5.74) is 3.23. The highest BCUT2D eigenvalue weighted by atomic mass is 16.2. The molecule has 4 heterocycles. The molecule has 0 radical (unpaired) electrons. The minimum absolute atomic E-state index is 0.0780. The van der Waals surface area contributed by atoms with Crippen molar-refractivity contribution in [3.8, 4) is 11.3 Å². The first-order valence-corrected chi connectivity index (χ1v) is 9.27. The van der Waals surface area contributed by atoms with Crippen LogP contribution in [0.1, 0.15) is 25.8 Å². The second-order valence-electron chi connectivity index (χ2n) is 7.57. The van der Waals surface area contributed by atoms with Gasteiger partial charge in [0.2, 0.25) is 0 Å². The summed E-state index contributed by atoms with van der Waals surface area (Å²) in [7, 11) is 1.95. The van der Waals surface area contributed by atoms with E-state index in [2.05, 4.69) is 40.3 Å². The van der Waals surface area contributed by atoms with Crippen LogP contribution in [-0.4, -0.2) is 61.8 Å². The van der Waals surface area contributed by atoms with Gasteiger partial charge in [-0.15, -0.1) is 0 Å². The molecule has 2 aliphatic heterocycles. The minimum Gasteiger partial charge on any atom is -0.332 e. The van der Waals surface area contributed by atoms with Crippen LogP contribution in [0.15, 0.2) is 30.7 Å². The molecule has 2 amide bonds. The summed E-state index contributed by atoms with van der Waals surface area (Å²) in [6.07, 6.45) is 6.72. The molecular formula is C19H26N6O. The SMILES string of the molecule is CC(C)N1C(=O)N[C@@H]2CN(Cc3cn(C)nc3-c3cccnc3)CC[C@@H]21. The van der Waals surface area contributed by atoms with Gasteiger partial charge >= 0.3 is 6.03 Å². The monoisotopic (exact) mass is 354 g/mol. The Morgan fingerprint density at radius 1 is 1.38 bits per heavy atom. The predicted molar refractivity (Wildman–Crippen MR) is 99.4 cm³/mol. The van der Waals surface area contributed by atoms with Crippen molar-refractivity contribution in [3.05, 3.63) is 36.3 Å². The van der Waals surface area contributed by atoms with Crippen molar-refractivity contribution in [2.24, 2.45) is 7.05 Å². The molecule has 2 aromatic rings. The number of aryl methyl sites for hydroxylation is 1. The molecule has 138 valence electrons. The Morgan fingerprint density at radius 3 is 2.96 bits per heavy atom. The molecule has 7 heteroatoms. The molecule has 2 fully saturated rings. The molecule has 0 spiro atoms. The molecular weight excluding hydrogens is 328 g/mol. The van der Waals surface area contributed by atoms with Crippen molar-refractivity contribution in [3.63, 3.8) is 0 Å². The van der Waals surface area contributed by atoms with E-state index in [4.69, 9.17) is 0 Å². The highest BCUT2D eigenvalue weighted by Gasteiger charge is 2.43. The number of hydrogen-bond donors (Lipinski definition) is 1. The molecule has 0 saturated carbocycles. The number of nitrogens with one attached hydrogen (secondary N) is 1. The number of likely N-dealkylation sites (tertiary alicyclic amines) is 1. The van der Waals surface area contributed by atoms with Crippen molar-refractivity contribution < 1.29 is 4.79 Å². The lowest BCUT2D eigenvalue weighted by Gasteiger charge is -2.37. The zero-order valence-electron chi connectivity index (χ0n) is 15.6. The number of fused-ring (bicyclic) bond motifs is 1. The number of urea groups is 1. The van der Waals surface area contributed by atoms with Crippen molar-refractivity contribution in [1.82, 2.24) is 29.9 Å². The van der Waals surface area contributed by atoms with E-state index in [1.165, 1.54) is 5.56 Å². The summed E-state index contributed by atoms with van der Waals surface area (Å²) in [6.45, 7) is 6.87. The van der Waals surface area contributed by atoms with Gasteiger partial charge in [-0.3, -0.25) is 14.6 Å². The second kappa shape index (κ2) is 6.72. The molecule has 0 unspecified atom stereocenters. The highest BCUT2D eigenvalue weighted by molar-refractivity contribution is 5.78. The number of hydrogen-bond acceptors (Lipinski definition) is 4. The summed E-state index contributed by atoms with van der Waals surface area (Å²) in [5, 5.41) is 7.80. The van der Waals surface area contributed by atoms with Crippen LogP contribution in [0.25, 0.3) is 11.3 Å². The first-order valence-electron chi connectivity index (χ1n) is 9.27. The fourth-order valence-electron chi connectivity index (χ4n) is 4.27. The van der Waals surface area contributed by atoms with E-state index >= 15 is 0 Å². The van der Waals surface area contributed by atoms with Gasteiger partial charge in [0, 0.05) is 62.4 Å². The number of carbonyl (C=O) groups is 1. The highest BCUT2D eigenvalue weighted by Crippen LogP contribution is 2.27. The number of piperidine rings is 1. The Kier molecular flexibility index (Phi) is 4.40. The molecule has 2 atom stereocenters. The van der Waals surface area contributed by atoms with Crippen LogP contribution in [0.5, 0.6) is 0 Å². The van der Waals surface area contributed by atoms with E-state index in [1.807, 2.05) is 35.0 Å². The number of rotatable bonds is 4. The van der Waals surface area contributed by atoms with Crippen molar-refractivity contribution in [1.29, 1.82) is 0 Å². The van der Waals surface area contributed by atoms with Gasteiger partial charge in [0.05, 0.1) is 17.8 Å². The Hall–Kier alpha value is -2.41. The van der Waals surface area contributed by atoms with Crippen LogP contribution in [-0.2, 0) is 13.6 Å². The lowest BCUT2D eigenvalue weighted by molar-refractivity contribution is 0.122. The van der Waals surface area contributed by atoms with Crippen LogP contribution in [0.4, 0.5) is 4.79 Å². The lowest BCUT2D eigenvalue weighted by Crippen LogP contribution is -2.51. The summed E-state index contributed by atoms with van der Waals surface area (Å²) < 4.78 is 1.86. The Bertz CT molecular complexity index is 787. The average molecular weight is 354 g/mol. The van der Waals surface area contributed by atoms with Crippen molar-refractivity contribution in [2.75, 3.05) is 13.1 Å². The molecule has 2 aliphatic rings.